The number of piperidine rings is 1. The van der Waals surface area contributed by atoms with Crippen molar-refractivity contribution in [2.24, 2.45) is 5.92 Å². The van der Waals surface area contributed by atoms with Gasteiger partial charge in [0.05, 0.1) is 6.10 Å². The van der Waals surface area contributed by atoms with E-state index < -0.39 is 5.60 Å². The Morgan fingerprint density at radius 3 is 2.46 bits per heavy atom. The molecule has 1 atom stereocenters. The quantitative estimate of drug-likeness (QED) is 0.806. The van der Waals surface area contributed by atoms with Crippen molar-refractivity contribution in [3.8, 4) is 11.8 Å². The number of nitrogens with zero attached hydrogens (tertiary/aromatic N) is 1. The largest absolute Gasteiger partial charge is 0.387 e. The SMILES string of the molecule is CC(C)(O)C#Cc1ccc(CN2CCC(C(O)c3cccs3)CC2)cc1. The Hall–Kier alpha value is -1.64. The molecule has 2 aromatic rings. The highest BCUT2D eigenvalue weighted by molar-refractivity contribution is 7.10. The van der Waals surface area contributed by atoms with E-state index >= 15 is 0 Å². The lowest BCUT2D eigenvalue weighted by molar-refractivity contribution is 0.0591. The first-order valence-corrected chi connectivity index (χ1v) is 10.1. The predicted molar refractivity (Wildman–Crippen MR) is 107 cm³/mol. The van der Waals surface area contributed by atoms with Crippen LogP contribution in [0.2, 0.25) is 0 Å². The number of rotatable bonds is 4. The van der Waals surface area contributed by atoms with Crippen LogP contribution in [0.25, 0.3) is 0 Å². The van der Waals surface area contributed by atoms with Crippen LogP contribution in [-0.4, -0.2) is 33.8 Å². The Labute approximate surface area is 160 Å². The molecule has 1 fully saturated rings. The molecule has 3 rings (SSSR count). The Kier molecular flexibility index (Phi) is 6.16. The van der Waals surface area contributed by atoms with Gasteiger partial charge in [-0.3, -0.25) is 4.90 Å². The molecule has 0 radical (unpaired) electrons. The van der Waals surface area contributed by atoms with Crippen molar-refractivity contribution in [3.05, 3.63) is 57.8 Å². The van der Waals surface area contributed by atoms with E-state index in [1.54, 1.807) is 25.2 Å². The van der Waals surface area contributed by atoms with Crippen LogP contribution in [0.5, 0.6) is 0 Å². The fourth-order valence-electron chi connectivity index (χ4n) is 3.30. The van der Waals surface area contributed by atoms with Crippen LogP contribution in [-0.2, 0) is 6.54 Å². The second kappa shape index (κ2) is 8.37. The van der Waals surface area contributed by atoms with E-state index in [4.69, 9.17) is 0 Å². The summed E-state index contributed by atoms with van der Waals surface area (Å²) in [5.41, 5.74) is 1.24. The molecular formula is C22H27NO2S. The summed E-state index contributed by atoms with van der Waals surface area (Å²) in [5, 5.41) is 22.2. The lowest BCUT2D eigenvalue weighted by Crippen LogP contribution is -2.35. The van der Waals surface area contributed by atoms with Gasteiger partial charge >= 0.3 is 0 Å². The highest BCUT2D eigenvalue weighted by atomic mass is 32.1. The molecule has 0 amide bonds. The average Bonchev–Trinajstić information content (AvgIpc) is 3.15. The van der Waals surface area contributed by atoms with E-state index in [2.05, 4.69) is 28.9 Å². The van der Waals surface area contributed by atoms with Crippen LogP contribution in [0.3, 0.4) is 0 Å². The first-order valence-electron chi connectivity index (χ1n) is 9.19. The summed E-state index contributed by atoms with van der Waals surface area (Å²) in [5.74, 6) is 6.21. The van der Waals surface area contributed by atoms with Crippen molar-refractivity contribution in [2.75, 3.05) is 13.1 Å². The molecule has 138 valence electrons. The Morgan fingerprint density at radius 2 is 1.88 bits per heavy atom. The number of likely N-dealkylation sites (tertiary alicyclic amines) is 1. The standard InChI is InChI=1S/C22H27NO2S/c1-22(2,25)12-9-17-5-7-18(8-6-17)16-23-13-10-19(11-14-23)21(24)20-4-3-15-26-20/h3-8,15,19,21,24-25H,10-11,13-14,16H2,1-2H3. The fraction of sp³-hybridized carbons (Fsp3) is 0.455. The first kappa shape index (κ1) is 19.1. The molecule has 1 aliphatic rings. The molecule has 3 nitrogen and oxygen atoms in total. The molecule has 1 aromatic carbocycles. The molecule has 0 saturated carbocycles. The van der Waals surface area contributed by atoms with E-state index in [-0.39, 0.29) is 6.10 Å². The van der Waals surface area contributed by atoms with Gasteiger partial charge in [0.2, 0.25) is 0 Å². The van der Waals surface area contributed by atoms with Gasteiger partial charge in [-0.15, -0.1) is 11.3 Å². The molecule has 4 heteroatoms. The van der Waals surface area contributed by atoms with Crippen molar-refractivity contribution < 1.29 is 10.2 Å². The van der Waals surface area contributed by atoms with Crippen molar-refractivity contribution in [2.45, 2.75) is 44.9 Å². The number of benzene rings is 1. The zero-order valence-corrected chi connectivity index (χ0v) is 16.3. The van der Waals surface area contributed by atoms with Gasteiger partial charge in [-0.05, 0) is 74.8 Å². The minimum Gasteiger partial charge on any atom is -0.387 e. The second-order valence-corrected chi connectivity index (χ2v) is 8.56. The van der Waals surface area contributed by atoms with Crippen molar-refractivity contribution >= 4 is 11.3 Å². The Morgan fingerprint density at radius 1 is 1.19 bits per heavy atom. The van der Waals surface area contributed by atoms with Crippen molar-refractivity contribution in [1.82, 2.24) is 4.90 Å². The molecule has 1 aromatic heterocycles. The maximum absolute atomic E-state index is 10.5. The summed E-state index contributed by atoms with van der Waals surface area (Å²) in [6.45, 7) is 6.35. The number of hydrogen-bond acceptors (Lipinski definition) is 4. The van der Waals surface area contributed by atoms with Gasteiger partial charge in [-0.2, -0.15) is 0 Å². The molecule has 0 aliphatic carbocycles. The summed E-state index contributed by atoms with van der Waals surface area (Å²) >= 11 is 1.64. The maximum atomic E-state index is 10.5. The number of aliphatic hydroxyl groups is 2. The van der Waals surface area contributed by atoms with Crippen LogP contribution >= 0.6 is 11.3 Å². The minimum absolute atomic E-state index is 0.314. The molecule has 0 bridgehead atoms. The maximum Gasteiger partial charge on any atom is 0.120 e. The van der Waals surface area contributed by atoms with Gasteiger partial charge in [0.25, 0.3) is 0 Å². The smallest absolute Gasteiger partial charge is 0.120 e. The monoisotopic (exact) mass is 369 g/mol. The summed E-state index contributed by atoms with van der Waals surface area (Å²) in [6, 6.07) is 12.3. The molecule has 2 heterocycles. The van der Waals surface area contributed by atoms with Crippen molar-refractivity contribution in [1.29, 1.82) is 0 Å². The Balaban J connectivity index is 1.50. The van der Waals surface area contributed by atoms with Crippen LogP contribution in [0.1, 0.15) is 48.8 Å². The zero-order chi connectivity index (χ0) is 18.6. The third-order valence-electron chi connectivity index (χ3n) is 4.79. The third kappa shape index (κ3) is 5.43. The van der Waals surface area contributed by atoms with E-state index in [0.29, 0.717) is 5.92 Å². The molecular weight excluding hydrogens is 342 g/mol. The normalized spacial score (nSPS) is 17.5. The molecule has 1 unspecified atom stereocenters. The highest BCUT2D eigenvalue weighted by Gasteiger charge is 2.26. The van der Waals surface area contributed by atoms with Crippen molar-refractivity contribution in [3.63, 3.8) is 0 Å². The van der Waals surface area contributed by atoms with E-state index in [0.717, 1.165) is 42.9 Å². The Bertz CT molecular complexity index is 742. The summed E-state index contributed by atoms with van der Waals surface area (Å²) in [7, 11) is 0. The second-order valence-electron chi connectivity index (χ2n) is 7.58. The highest BCUT2D eigenvalue weighted by Crippen LogP contribution is 2.33. The van der Waals surface area contributed by atoms with Gasteiger partial charge in [0, 0.05) is 17.0 Å². The molecule has 1 aliphatic heterocycles. The summed E-state index contributed by atoms with van der Waals surface area (Å²) in [4.78, 5) is 3.54. The predicted octanol–water partition coefficient (Wildman–Crippen LogP) is 3.82. The topological polar surface area (TPSA) is 43.7 Å². The van der Waals surface area contributed by atoms with Gasteiger partial charge in [-0.1, -0.05) is 30.0 Å². The van der Waals surface area contributed by atoms with E-state index in [1.807, 2.05) is 29.6 Å². The summed E-state index contributed by atoms with van der Waals surface area (Å²) in [6.07, 6.45) is 1.76. The van der Waals surface area contributed by atoms with Gasteiger partial charge in [0.1, 0.15) is 5.60 Å². The van der Waals surface area contributed by atoms with Gasteiger partial charge < -0.3 is 10.2 Å². The first-order chi connectivity index (χ1) is 12.4. The number of thiophene rings is 1. The zero-order valence-electron chi connectivity index (χ0n) is 15.5. The fourth-order valence-corrected chi connectivity index (χ4v) is 4.10. The van der Waals surface area contributed by atoms with E-state index in [1.165, 1.54) is 5.56 Å². The van der Waals surface area contributed by atoms with E-state index in [9.17, 15) is 10.2 Å². The van der Waals surface area contributed by atoms with Crippen LogP contribution in [0, 0.1) is 17.8 Å². The average molecular weight is 370 g/mol. The van der Waals surface area contributed by atoms with Crippen LogP contribution in [0.15, 0.2) is 41.8 Å². The molecule has 26 heavy (non-hydrogen) atoms. The lowest BCUT2D eigenvalue weighted by atomic mass is 9.90. The third-order valence-corrected chi connectivity index (χ3v) is 5.73. The minimum atomic E-state index is -0.962. The molecule has 0 spiro atoms. The van der Waals surface area contributed by atoms with Gasteiger partial charge in [-0.25, -0.2) is 0 Å². The molecule has 1 saturated heterocycles. The summed E-state index contributed by atoms with van der Waals surface area (Å²) < 4.78 is 0. The molecule has 2 N–H and O–H groups in total. The van der Waals surface area contributed by atoms with Gasteiger partial charge in [0.15, 0.2) is 0 Å². The van der Waals surface area contributed by atoms with Crippen LogP contribution in [0.4, 0.5) is 0 Å². The number of hydrogen-bond donors (Lipinski definition) is 2. The van der Waals surface area contributed by atoms with Crippen LogP contribution < -0.4 is 0 Å². The lowest BCUT2D eigenvalue weighted by Gasteiger charge is -2.34. The number of aliphatic hydroxyl groups excluding tert-OH is 1.